The van der Waals surface area contributed by atoms with Crippen LogP contribution in [-0.4, -0.2) is 0 Å². The summed E-state index contributed by atoms with van der Waals surface area (Å²) in [6.45, 7) is 0. The van der Waals surface area contributed by atoms with Crippen LogP contribution in [0, 0.1) is 0 Å². The van der Waals surface area contributed by atoms with Gasteiger partial charge in [0, 0.05) is 21.7 Å². The van der Waals surface area contributed by atoms with Crippen LogP contribution < -0.4 is 0 Å². The van der Waals surface area contributed by atoms with Crippen LogP contribution in [0.25, 0.3) is 33.8 Å². The van der Waals surface area contributed by atoms with E-state index in [0.717, 1.165) is 38.8 Å². The van der Waals surface area contributed by atoms with E-state index in [1.807, 2.05) is 60.7 Å². The second kappa shape index (κ2) is 6.38. The van der Waals surface area contributed by atoms with Crippen molar-refractivity contribution in [2.75, 3.05) is 0 Å². The van der Waals surface area contributed by atoms with Gasteiger partial charge in [0.1, 0.15) is 11.5 Å². The number of halogens is 1. The van der Waals surface area contributed by atoms with E-state index in [9.17, 15) is 0 Å². The molecule has 1 aromatic heterocycles. The molecule has 0 saturated carbocycles. The van der Waals surface area contributed by atoms with Crippen LogP contribution >= 0.6 is 11.6 Å². The lowest BCUT2D eigenvalue weighted by Crippen LogP contribution is -1.79. The van der Waals surface area contributed by atoms with Crippen molar-refractivity contribution < 1.29 is 4.42 Å². The lowest BCUT2D eigenvalue weighted by molar-refractivity contribution is 0.598. The van der Waals surface area contributed by atoms with Crippen molar-refractivity contribution in [1.29, 1.82) is 0 Å². The van der Waals surface area contributed by atoms with Crippen LogP contribution in [0.5, 0.6) is 0 Å². The van der Waals surface area contributed by atoms with Crippen molar-refractivity contribution in [1.82, 2.24) is 0 Å². The maximum Gasteiger partial charge on any atom is 0.142 e. The topological polar surface area (TPSA) is 13.1 Å². The molecule has 4 aromatic rings. The van der Waals surface area contributed by atoms with E-state index in [2.05, 4.69) is 30.3 Å². The van der Waals surface area contributed by atoms with E-state index in [1.165, 1.54) is 0 Å². The lowest BCUT2D eigenvalue weighted by Gasteiger charge is -2.03. The zero-order valence-electron chi connectivity index (χ0n) is 12.9. The molecule has 24 heavy (non-hydrogen) atoms. The van der Waals surface area contributed by atoms with Crippen molar-refractivity contribution in [3.8, 4) is 33.8 Å². The van der Waals surface area contributed by atoms with Crippen LogP contribution in [0.1, 0.15) is 0 Å². The third-order valence-corrected chi connectivity index (χ3v) is 4.23. The molecule has 0 saturated heterocycles. The minimum atomic E-state index is 0.717. The molecule has 2 heteroatoms. The first-order chi connectivity index (χ1) is 11.8. The molecule has 1 heterocycles. The summed E-state index contributed by atoms with van der Waals surface area (Å²) in [6.07, 6.45) is 0. The van der Waals surface area contributed by atoms with Gasteiger partial charge in [0.25, 0.3) is 0 Å². The van der Waals surface area contributed by atoms with Gasteiger partial charge in [0.05, 0.1) is 0 Å². The van der Waals surface area contributed by atoms with Gasteiger partial charge in [-0.2, -0.15) is 0 Å². The zero-order valence-corrected chi connectivity index (χ0v) is 13.7. The Morgan fingerprint density at radius 1 is 0.583 bits per heavy atom. The van der Waals surface area contributed by atoms with E-state index in [1.54, 1.807) is 0 Å². The molecule has 0 N–H and O–H groups in total. The molecule has 0 spiro atoms. The monoisotopic (exact) mass is 330 g/mol. The van der Waals surface area contributed by atoms with Crippen LogP contribution in [0.3, 0.4) is 0 Å². The number of rotatable bonds is 3. The van der Waals surface area contributed by atoms with Crippen molar-refractivity contribution in [2.24, 2.45) is 0 Å². The standard InChI is InChI=1S/C22H15ClO/c23-19-13-11-18(12-14-19)22-20(16-7-3-1-4-8-16)15-21(24-22)17-9-5-2-6-10-17/h1-15H. The predicted octanol–water partition coefficient (Wildman–Crippen LogP) is 6.93. The Morgan fingerprint density at radius 3 is 1.79 bits per heavy atom. The molecule has 0 aliphatic heterocycles. The third kappa shape index (κ3) is 2.86. The fourth-order valence-electron chi connectivity index (χ4n) is 2.78. The minimum Gasteiger partial charge on any atom is -0.455 e. The average molecular weight is 331 g/mol. The van der Waals surface area contributed by atoms with Gasteiger partial charge >= 0.3 is 0 Å². The molecule has 1 nitrogen and oxygen atoms in total. The van der Waals surface area contributed by atoms with Gasteiger partial charge in [-0.1, -0.05) is 72.3 Å². The van der Waals surface area contributed by atoms with Crippen LogP contribution in [0.4, 0.5) is 0 Å². The van der Waals surface area contributed by atoms with E-state index < -0.39 is 0 Å². The Balaban J connectivity index is 1.90. The smallest absolute Gasteiger partial charge is 0.142 e. The summed E-state index contributed by atoms with van der Waals surface area (Å²) in [4.78, 5) is 0. The highest BCUT2D eigenvalue weighted by Gasteiger charge is 2.15. The first-order valence-electron chi connectivity index (χ1n) is 7.82. The average Bonchev–Trinajstić information content (AvgIpc) is 3.09. The summed E-state index contributed by atoms with van der Waals surface area (Å²) in [5, 5.41) is 0.717. The van der Waals surface area contributed by atoms with E-state index in [4.69, 9.17) is 16.0 Å². The van der Waals surface area contributed by atoms with Crippen molar-refractivity contribution in [3.63, 3.8) is 0 Å². The summed E-state index contributed by atoms with van der Waals surface area (Å²) >= 11 is 6.03. The Labute approximate surface area is 146 Å². The van der Waals surface area contributed by atoms with Crippen LogP contribution in [-0.2, 0) is 0 Å². The molecule has 0 fully saturated rings. The number of furan rings is 1. The van der Waals surface area contributed by atoms with E-state index in [0.29, 0.717) is 0 Å². The van der Waals surface area contributed by atoms with E-state index >= 15 is 0 Å². The number of hydrogen-bond donors (Lipinski definition) is 0. The first kappa shape index (κ1) is 14.8. The van der Waals surface area contributed by atoms with Crippen molar-refractivity contribution >= 4 is 11.6 Å². The maximum atomic E-state index is 6.24. The highest BCUT2D eigenvalue weighted by atomic mass is 35.5. The number of benzene rings is 3. The fraction of sp³-hybridized carbons (Fsp3) is 0. The fourth-order valence-corrected chi connectivity index (χ4v) is 2.91. The molecule has 0 amide bonds. The molecular formula is C22H15ClO. The highest BCUT2D eigenvalue weighted by Crippen LogP contribution is 2.38. The van der Waals surface area contributed by atoms with E-state index in [-0.39, 0.29) is 0 Å². The summed E-state index contributed by atoms with van der Waals surface area (Å²) in [5.41, 5.74) is 4.29. The van der Waals surface area contributed by atoms with Crippen LogP contribution in [0.2, 0.25) is 5.02 Å². The van der Waals surface area contributed by atoms with Crippen molar-refractivity contribution in [2.45, 2.75) is 0 Å². The molecule has 0 bridgehead atoms. The minimum absolute atomic E-state index is 0.717. The molecule has 0 aliphatic carbocycles. The Hall–Kier alpha value is -2.77. The maximum absolute atomic E-state index is 6.24. The molecule has 0 aliphatic rings. The zero-order chi connectivity index (χ0) is 16.4. The Bertz CT molecular complexity index is 938. The molecular weight excluding hydrogens is 316 g/mol. The predicted molar refractivity (Wildman–Crippen MR) is 100 cm³/mol. The van der Waals surface area contributed by atoms with Gasteiger partial charge in [-0.3, -0.25) is 0 Å². The SMILES string of the molecule is Clc1ccc(-c2oc(-c3ccccc3)cc2-c2ccccc2)cc1. The molecule has 0 unspecified atom stereocenters. The Kier molecular flexibility index (Phi) is 3.94. The molecule has 0 atom stereocenters. The summed E-state index contributed by atoms with van der Waals surface area (Å²) in [7, 11) is 0. The highest BCUT2D eigenvalue weighted by molar-refractivity contribution is 6.30. The normalized spacial score (nSPS) is 10.7. The van der Waals surface area contributed by atoms with Gasteiger partial charge in [0.2, 0.25) is 0 Å². The Morgan fingerprint density at radius 2 is 1.17 bits per heavy atom. The van der Waals surface area contributed by atoms with Gasteiger partial charge in [-0.15, -0.1) is 0 Å². The van der Waals surface area contributed by atoms with Gasteiger partial charge in [-0.05, 0) is 35.9 Å². The van der Waals surface area contributed by atoms with Gasteiger partial charge in [-0.25, -0.2) is 0 Å². The molecule has 3 aromatic carbocycles. The van der Waals surface area contributed by atoms with Gasteiger partial charge in [0.15, 0.2) is 0 Å². The summed E-state index contributed by atoms with van der Waals surface area (Å²) in [5.74, 6) is 1.72. The third-order valence-electron chi connectivity index (χ3n) is 3.98. The number of hydrogen-bond acceptors (Lipinski definition) is 1. The van der Waals surface area contributed by atoms with Crippen LogP contribution in [0.15, 0.2) is 95.4 Å². The van der Waals surface area contributed by atoms with Crippen molar-refractivity contribution in [3.05, 3.63) is 96.0 Å². The molecule has 0 radical (unpaired) electrons. The second-order valence-electron chi connectivity index (χ2n) is 5.59. The summed E-state index contributed by atoms with van der Waals surface area (Å²) in [6, 6.07) is 30.3. The largest absolute Gasteiger partial charge is 0.455 e. The lowest BCUT2D eigenvalue weighted by atomic mass is 10.0. The quantitative estimate of drug-likeness (QED) is 0.396. The second-order valence-corrected chi connectivity index (χ2v) is 6.03. The molecule has 4 rings (SSSR count). The van der Waals surface area contributed by atoms with Gasteiger partial charge < -0.3 is 4.42 Å². The summed E-state index contributed by atoms with van der Waals surface area (Å²) < 4.78 is 6.24. The first-order valence-corrected chi connectivity index (χ1v) is 8.20. The molecule has 116 valence electrons.